The van der Waals surface area contributed by atoms with Crippen molar-refractivity contribution >= 4 is 57.5 Å². The van der Waals surface area contributed by atoms with Crippen molar-refractivity contribution in [2.75, 3.05) is 13.1 Å². The fraction of sp³-hybridized carbons (Fsp3) is 0.364. The third-order valence-electron chi connectivity index (χ3n) is 2.36. The molecule has 17 heavy (non-hydrogen) atoms. The molecule has 94 valence electrons. The van der Waals surface area contributed by atoms with E-state index in [0.29, 0.717) is 6.54 Å². The predicted octanol–water partition coefficient (Wildman–Crippen LogP) is 3.16. The van der Waals surface area contributed by atoms with Crippen LogP contribution >= 0.6 is 51.5 Å². The highest BCUT2D eigenvalue weighted by Crippen LogP contribution is 2.21. The van der Waals surface area contributed by atoms with E-state index in [1.807, 2.05) is 18.2 Å². The Kier molecular flexibility index (Phi) is 6.58. The Bertz CT molecular complexity index is 412. The van der Waals surface area contributed by atoms with Crippen molar-refractivity contribution in [2.24, 2.45) is 4.99 Å². The molecule has 3 nitrogen and oxygen atoms in total. The average Bonchev–Trinajstić information content (AvgIpc) is 2.29. The zero-order chi connectivity index (χ0) is 11.4. The van der Waals surface area contributed by atoms with Gasteiger partial charge in [-0.25, -0.2) is 0 Å². The molecule has 0 bridgehead atoms. The van der Waals surface area contributed by atoms with E-state index in [9.17, 15) is 0 Å². The summed E-state index contributed by atoms with van der Waals surface area (Å²) in [6.45, 7) is 2.57. The molecule has 0 radical (unpaired) electrons. The van der Waals surface area contributed by atoms with Gasteiger partial charge in [-0.15, -0.1) is 24.0 Å². The van der Waals surface area contributed by atoms with Crippen molar-refractivity contribution < 1.29 is 0 Å². The highest BCUT2D eigenvalue weighted by Gasteiger charge is 2.05. The van der Waals surface area contributed by atoms with E-state index in [1.165, 1.54) is 0 Å². The fourth-order valence-corrected chi connectivity index (χ4v) is 2.24. The lowest BCUT2D eigenvalue weighted by Gasteiger charge is -2.16. The molecule has 1 aromatic rings. The van der Waals surface area contributed by atoms with Gasteiger partial charge in [-0.2, -0.15) is 0 Å². The van der Waals surface area contributed by atoms with Crippen molar-refractivity contribution in [2.45, 2.75) is 13.0 Å². The Labute approximate surface area is 132 Å². The van der Waals surface area contributed by atoms with Gasteiger partial charge in [0.1, 0.15) is 0 Å². The van der Waals surface area contributed by atoms with E-state index in [-0.39, 0.29) is 24.0 Å². The summed E-state index contributed by atoms with van der Waals surface area (Å²) in [5.41, 5.74) is 1.07. The summed E-state index contributed by atoms with van der Waals surface area (Å²) in [6.07, 6.45) is 1.10. The van der Waals surface area contributed by atoms with Gasteiger partial charge in [0.2, 0.25) is 0 Å². The molecule has 0 unspecified atom stereocenters. The first-order chi connectivity index (χ1) is 7.75. The Morgan fingerprint density at radius 1 is 1.47 bits per heavy atom. The highest BCUT2D eigenvalue weighted by molar-refractivity contribution is 14.0. The second-order valence-electron chi connectivity index (χ2n) is 3.60. The lowest BCUT2D eigenvalue weighted by molar-refractivity contribution is 0.702. The molecular formula is C11H14BrClIN3. The molecule has 1 heterocycles. The molecule has 6 heteroatoms. The third kappa shape index (κ3) is 4.63. The van der Waals surface area contributed by atoms with E-state index < -0.39 is 0 Å². The summed E-state index contributed by atoms with van der Waals surface area (Å²) in [5, 5.41) is 7.21. The first-order valence-corrected chi connectivity index (χ1v) is 6.39. The van der Waals surface area contributed by atoms with E-state index in [2.05, 4.69) is 31.6 Å². The van der Waals surface area contributed by atoms with Gasteiger partial charge in [0, 0.05) is 29.1 Å². The molecule has 0 spiro atoms. The van der Waals surface area contributed by atoms with Crippen molar-refractivity contribution in [3.8, 4) is 0 Å². The molecule has 1 aliphatic rings. The van der Waals surface area contributed by atoms with Crippen LogP contribution in [0.3, 0.4) is 0 Å². The molecule has 0 fully saturated rings. The number of hydrogen-bond acceptors (Lipinski definition) is 3. The number of rotatable bonds is 2. The molecule has 1 aliphatic heterocycles. The van der Waals surface area contributed by atoms with Crippen LogP contribution in [0.2, 0.25) is 5.02 Å². The fourth-order valence-electron chi connectivity index (χ4n) is 1.50. The summed E-state index contributed by atoms with van der Waals surface area (Å²) < 4.78 is 0.995. The maximum Gasteiger partial charge on any atom is 0.191 e. The van der Waals surface area contributed by atoms with Gasteiger partial charge >= 0.3 is 0 Å². The zero-order valence-corrected chi connectivity index (χ0v) is 13.8. The topological polar surface area (TPSA) is 36.4 Å². The second kappa shape index (κ2) is 7.43. The van der Waals surface area contributed by atoms with Crippen LogP contribution in [0.1, 0.15) is 12.0 Å². The third-order valence-corrected chi connectivity index (χ3v) is 3.20. The number of nitrogens with one attached hydrogen (secondary N) is 2. The van der Waals surface area contributed by atoms with Crippen LogP contribution in [0, 0.1) is 0 Å². The maximum absolute atomic E-state index is 6.12. The molecular weight excluding hydrogens is 416 g/mol. The quantitative estimate of drug-likeness (QED) is 0.708. The largest absolute Gasteiger partial charge is 0.356 e. The summed E-state index contributed by atoms with van der Waals surface area (Å²) in [5.74, 6) is 0.866. The number of nitrogens with zero attached hydrogens (tertiary/aromatic N) is 1. The van der Waals surface area contributed by atoms with Gasteiger partial charge in [-0.3, -0.25) is 4.99 Å². The van der Waals surface area contributed by atoms with Crippen LogP contribution in [0.15, 0.2) is 27.7 Å². The molecule has 0 aromatic heterocycles. The van der Waals surface area contributed by atoms with Gasteiger partial charge in [-0.05, 0) is 24.1 Å². The minimum Gasteiger partial charge on any atom is -0.356 e. The van der Waals surface area contributed by atoms with Crippen LogP contribution in [-0.4, -0.2) is 19.0 Å². The number of aliphatic imine (C=N–C) groups is 1. The van der Waals surface area contributed by atoms with Crippen LogP contribution < -0.4 is 10.6 Å². The van der Waals surface area contributed by atoms with Crippen molar-refractivity contribution in [1.29, 1.82) is 0 Å². The molecule has 0 amide bonds. The Balaban J connectivity index is 0.00000144. The van der Waals surface area contributed by atoms with E-state index >= 15 is 0 Å². The lowest BCUT2D eigenvalue weighted by atomic mass is 10.2. The first kappa shape index (κ1) is 15.0. The summed E-state index contributed by atoms with van der Waals surface area (Å²) in [6, 6.07) is 5.89. The second-order valence-corrected chi connectivity index (χ2v) is 4.92. The van der Waals surface area contributed by atoms with E-state index in [4.69, 9.17) is 11.6 Å². The minimum atomic E-state index is 0. The van der Waals surface area contributed by atoms with Gasteiger partial charge in [-0.1, -0.05) is 33.6 Å². The number of halogens is 3. The van der Waals surface area contributed by atoms with Gasteiger partial charge in [0.25, 0.3) is 0 Å². The Morgan fingerprint density at radius 3 is 2.94 bits per heavy atom. The number of benzene rings is 1. The SMILES string of the molecule is Clc1cc(Br)ccc1CNC1=NCCCN1.I. The van der Waals surface area contributed by atoms with Crippen LogP contribution in [0.5, 0.6) is 0 Å². The summed E-state index contributed by atoms with van der Waals surface area (Å²) in [7, 11) is 0. The smallest absolute Gasteiger partial charge is 0.191 e. The van der Waals surface area contributed by atoms with Crippen LogP contribution in [0.25, 0.3) is 0 Å². The standard InChI is InChI=1S/C11H13BrClN3.HI/c12-9-3-2-8(10(13)6-9)7-16-11-14-4-1-5-15-11;/h2-3,6H,1,4-5,7H2,(H2,14,15,16);1H. The Morgan fingerprint density at radius 2 is 2.29 bits per heavy atom. The predicted molar refractivity (Wildman–Crippen MR) is 86.3 cm³/mol. The van der Waals surface area contributed by atoms with Gasteiger partial charge < -0.3 is 10.6 Å². The lowest BCUT2D eigenvalue weighted by Crippen LogP contribution is -2.40. The molecule has 0 saturated carbocycles. The first-order valence-electron chi connectivity index (χ1n) is 5.22. The molecule has 2 N–H and O–H groups in total. The minimum absolute atomic E-state index is 0. The van der Waals surface area contributed by atoms with E-state index in [0.717, 1.165) is 40.5 Å². The number of hydrogen-bond donors (Lipinski definition) is 2. The van der Waals surface area contributed by atoms with Crippen molar-refractivity contribution in [1.82, 2.24) is 10.6 Å². The van der Waals surface area contributed by atoms with Crippen molar-refractivity contribution in [3.05, 3.63) is 33.3 Å². The number of guanidine groups is 1. The highest BCUT2D eigenvalue weighted by atomic mass is 127. The average molecular weight is 431 g/mol. The van der Waals surface area contributed by atoms with Crippen LogP contribution in [0.4, 0.5) is 0 Å². The molecule has 0 atom stereocenters. The van der Waals surface area contributed by atoms with Crippen molar-refractivity contribution in [3.63, 3.8) is 0 Å². The summed E-state index contributed by atoms with van der Waals surface area (Å²) >= 11 is 9.50. The molecule has 0 aliphatic carbocycles. The zero-order valence-electron chi connectivity index (χ0n) is 9.17. The van der Waals surface area contributed by atoms with E-state index in [1.54, 1.807) is 0 Å². The summed E-state index contributed by atoms with van der Waals surface area (Å²) in [4.78, 5) is 4.33. The normalized spacial score (nSPS) is 14.4. The van der Waals surface area contributed by atoms with Gasteiger partial charge in [0.05, 0.1) is 0 Å². The Hall–Kier alpha value is -0.0100. The maximum atomic E-state index is 6.12. The molecule has 1 aromatic carbocycles. The molecule has 0 saturated heterocycles. The molecule has 2 rings (SSSR count). The van der Waals surface area contributed by atoms with Crippen LogP contribution in [-0.2, 0) is 6.54 Å². The van der Waals surface area contributed by atoms with Gasteiger partial charge in [0.15, 0.2) is 5.96 Å². The monoisotopic (exact) mass is 429 g/mol.